The Morgan fingerprint density at radius 2 is 1.64 bits per heavy atom. The molecule has 0 bridgehead atoms. The van der Waals surface area contributed by atoms with Gasteiger partial charge in [0, 0.05) is 43.7 Å². The summed E-state index contributed by atoms with van der Waals surface area (Å²) in [6.07, 6.45) is 6.28. The van der Waals surface area contributed by atoms with Crippen molar-refractivity contribution in [3.8, 4) is 0 Å². The maximum Gasteiger partial charge on any atom is 0.257 e. The summed E-state index contributed by atoms with van der Waals surface area (Å²) in [4.78, 5) is 33.6. The van der Waals surface area contributed by atoms with Crippen LogP contribution in [0.3, 0.4) is 0 Å². The van der Waals surface area contributed by atoms with Gasteiger partial charge in [-0.3, -0.25) is 9.59 Å². The van der Waals surface area contributed by atoms with Gasteiger partial charge in [0.05, 0.1) is 18.8 Å². The topological polar surface area (TPSA) is 88.8 Å². The average Bonchev–Trinajstić information content (AvgIpc) is 3.28. The normalized spacial score (nSPS) is 21.9. The predicted molar refractivity (Wildman–Crippen MR) is 106 cm³/mol. The number of hydrogen-bond acceptors (Lipinski definition) is 5. The van der Waals surface area contributed by atoms with E-state index in [1.165, 1.54) is 12.8 Å². The van der Waals surface area contributed by atoms with Gasteiger partial charge in [-0.15, -0.1) is 0 Å². The second-order valence-electron chi connectivity index (χ2n) is 8.15. The van der Waals surface area contributed by atoms with Gasteiger partial charge in [-0.1, -0.05) is 12.8 Å². The number of anilines is 1. The highest BCUT2D eigenvalue weighted by atomic mass is 16.5. The first-order valence-corrected chi connectivity index (χ1v) is 10.6. The third-order valence-electron chi connectivity index (χ3n) is 6.40. The maximum absolute atomic E-state index is 12.7. The second kappa shape index (κ2) is 8.47. The summed E-state index contributed by atoms with van der Waals surface area (Å²) in [5.41, 5.74) is 7.55. The Labute approximate surface area is 166 Å². The first-order valence-electron chi connectivity index (χ1n) is 10.6. The molecule has 2 saturated heterocycles. The summed E-state index contributed by atoms with van der Waals surface area (Å²) in [7, 11) is 0. The molecule has 0 unspecified atom stereocenters. The van der Waals surface area contributed by atoms with Crippen LogP contribution in [0.4, 0.5) is 5.82 Å². The van der Waals surface area contributed by atoms with E-state index in [0.29, 0.717) is 49.5 Å². The minimum atomic E-state index is -0.0724. The van der Waals surface area contributed by atoms with Crippen LogP contribution < -0.4 is 5.73 Å². The molecule has 7 nitrogen and oxygen atoms in total. The highest BCUT2D eigenvalue weighted by molar-refractivity contribution is 5.98. The van der Waals surface area contributed by atoms with Crippen molar-refractivity contribution < 1.29 is 14.3 Å². The number of nitrogens with two attached hydrogens (primary N) is 1. The fourth-order valence-electron chi connectivity index (χ4n) is 4.66. The summed E-state index contributed by atoms with van der Waals surface area (Å²) >= 11 is 0. The Kier molecular flexibility index (Phi) is 5.80. The molecule has 2 amide bonds. The number of aromatic nitrogens is 1. The fourth-order valence-corrected chi connectivity index (χ4v) is 4.66. The number of carbonyl (C=O) groups is 2. The molecule has 7 heteroatoms. The van der Waals surface area contributed by atoms with Crippen molar-refractivity contribution in [1.29, 1.82) is 0 Å². The number of amides is 2. The lowest BCUT2D eigenvalue weighted by molar-refractivity contribution is -0.136. The molecule has 4 rings (SSSR count). The molecule has 3 heterocycles. The van der Waals surface area contributed by atoms with Gasteiger partial charge in [0.25, 0.3) is 5.91 Å². The molecule has 0 spiro atoms. The molecule has 0 atom stereocenters. The van der Waals surface area contributed by atoms with Crippen LogP contribution in [0.25, 0.3) is 0 Å². The third-order valence-corrected chi connectivity index (χ3v) is 6.40. The Morgan fingerprint density at radius 3 is 2.29 bits per heavy atom. The van der Waals surface area contributed by atoms with Crippen LogP contribution in [0.1, 0.15) is 60.5 Å². The highest BCUT2D eigenvalue weighted by Gasteiger charge is 2.31. The Bertz CT molecular complexity index is 718. The number of piperidine rings is 1. The average molecular weight is 386 g/mol. The first kappa shape index (κ1) is 19.2. The Hall–Kier alpha value is -2.15. The summed E-state index contributed by atoms with van der Waals surface area (Å²) < 4.78 is 5.30. The van der Waals surface area contributed by atoms with E-state index >= 15 is 0 Å². The van der Waals surface area contributed by atoms with E-state index in [2.05, 4.69) is 4.98 Å². The van der Waals surface area contributed by atoms with Gasteiger partial charge in [0.1, 0.15) is 5.82 Å². The van der Waals surface area contributed by atoms with Crippen molar-refractivity contribution in [3.63, 3.8) is 0 Å². The molecule has 1 aliphatic carbocycles. The van der Waals surface area contributed by atoms with E-state index in [9.17, 15) is 9.59 Å². The van der Waals surface area contributed by atoms with Crippen LogP contribution in [0.15, 0.2) is 12.1 Å². The molecular weight excluding hydrogens is 356 g/mol. The van der Waals surface area contributed by atoms with Gasteiger partial charge in [-0.2, -0.15) is 0 Å². The Balaban J connectivity index is 1.37. The number of hydrogen-bond donors (Lipinski definition) is 1. The van der Waals surface area contributed by atoms with Crippen molar-refractivity contribution in [2.45, 2.75) is 44.4 Å². The molecule has 152 valence electrons. The lowest BCUT2D eigenvalue weighted by Gasteiger charge is -2.33. The van der Waals surface area contributed by atoms with Crippen LogP contribution in [0.2, 0.25) is 0 Å². The van der Waals surface area contributed by atoms with Gasteiger partial charge < -0.3 is 20.3 Å². The molecule has 1 aromatic rings. The van der Waals surface area contributed by atoms with Crippen LogP contribution in [0, 0.1) is 5.92 Å². The van der Waals surface area contributed by atoms with E-state index < -0.39 is 0 Å². The van der Waals surface area contributed by atoms with Crippen LogP contribution in [-0.2, 0) is 9.53 Å². The lowest BCUT2D eigenvalue weighted by Crippen LogP contribution is -2.41. The van der Waals surface area contributed by atoms with Crippen LogP contribution in [-0.4, -0.2) is 66.0 Å². The predicted octanol–water partition coefficient (Wildman–Crippen LogP) is 2.03. The molecule has 2 aliphatic heterocycles. The van der Waals surface area contributed by atoms with Crippen molar-refractivity contribution >= 4 is 17.6 Å². The maximum atomic E-state index is 12.7. The first-order chi connectivity index (χ1) is 13.6. The van der Waals surface area contributed by atoms with Crippen molar-refractivity contribution in [3.05, 3.63) is 23.4 Å². The van der Waals surface area contributed by atoms with Crippen LogP contribution in [0.5, 0.6) is 0 Å². The number of morpholine rings is 1. The molecule has 0 aromatic carbocycles. The molecule has 2 N–H and O–H groups in total. The molecule has 28 heavy (non-hydrogen) atoms. The van der Waals surface area contributed by atoms with Crippen molar-refractivity contribution in [2.24, 2.45) is 5.92 Å². The largest absolute Gasteiger partial charge is 0.383 e. The number of pyridine rings is 1. The molecule has 1 aromatic heterocycles. The summed E-state index contributed by atoms with van der Waals surface area (Å²) in [6.45, 7) is 3.89. The lowest BCUT2D eigenvalue weighted by atomic mass is 9.91. The minimum absolute atomic E-state index is 0.0724. The van der Waals surface area contributed by atoms with E-state index in [4.69, 9.17) is 10.5 Å². The summed E-state index contributed by atoms with van der Waals surface area (Å²) in [6, 6.07) is 3.74. The molecular formula is C21H30N4O3. The number of nitrogens with zero attached hydrogens (tertiary/aromatic N) is 3. The van der Waals surface area contributed by atoms with E-state index in [1.54, 1.807) is 4.90 Å². The van der Waals surface area contributed by atoms with Crippen molar-refractivity contribution in [2.75, 3.05) is 45.1 Å². The number of nitrogen functional groups attached to an aromatic ring is 1. The molecule has 3 fully saturated rings. The zero-order valence-electron chi connectivity index (χ0n) is 16.4. The standard InChI is InChI=1S/C21H30N4O3/c22-19-17(21(27)25-11-13-28-14-12-25)5-6-18(23-19)15-7-9-24(10-8-15)20(26)16-3-1-2-4-16/h5-6,15-16H,1-4,7-14H2,(H2,22,23). The molecule has 1 saturated carbocycles. The third kappa shape index (κ3) is 3.99. The SMILES string of the molecule is Nc1nc(C2CCN(C(=O)C3CCCC3)CC2)ccc1C(=O)N1CCOCC1. The summed E-state index contributed by atoms with van der Waals surface area (Å²) in [5, 5.41) is 0. The second-order valence-corrected chi connectivity index (χ2v) is 8.15. The van der Waals surface area contributed by atoms with Gasteiger partial charge >= 0.3 is 0 Å². The number of rotatable bonds is 3. The zero-order chi connectivity index (χ0) is 19.5. The monoisotopic (exact) mass is 386 g/mol. The van der Waals surface area contributed by atoms with Crippen molar-refractivity contribution in [1.82, 2.24) is 14.8 Å². The van der Waals surface area contributed by atoms with Gasteiger partial charge in [0.15, 0.2) is 0 Å². The number of carbonyl (C=O) groups excluding carboxylic acids is 2. The summed E-state index contributed by atoms with van der Waals surface area (Å²) in [5.74, 6) is 1.11. The molecule has 0 radical (unpaired) electrons. The van der Waals surface area contributed by atoms with Gasteiger partial charge in [0.2, 0.25) is 5.91 Å². The fraction of sp³-hybridized carbons (Fsp3) is 0.667. The van der Waals surface area contributed by atoms with E-state index in [1.807, 2.05) is 17.0 Å². The van der Waals surface area contributed by atoms with Crippen LogP contribution >= 0.6 is 0 Å². The van der Waals surface area contributed by atoms with Gasteiger partial charge in [-0.25, -0.2) is 4.98 Å². The Morgan fingerprint density at radius 1 is 0.964 bits per heavy atom. The highest BCUT2D eigenvalue weighted by Crippen LogP contribution is 2.32. The van der Waals surface area contributed by atoms with E-state index in [0.717, 1.165) is 44.5 Å². The van der Waals surface area contributed by atoms with Gasteiger partial charge in [-0.05, 0) is 37.8 Å². The number of likely N-dealkylation sites (tertiary alicyclic amines) is 1. The molecule has 3 aliphatic rings. The smallest absolute Gasteiger partial charge is 0.257 e. The number of ether oxygens (including phenoxy) is 1. The zero-order valence-corrected chi connectivity index (χ0v) is 16.4. The van der Waals surface area contributed by atoms with E-state index in [-0.39, 0.29) is 11.8 Å². The quantitative estimate of drug-likeness (QED) is 0.859. The minimum Gasteiger partial charge on any atom is -0.383 e.